The Balaban J connectivity index is 2.21. The molecule has 0 aromatic heterocycles. The number of aliphatic hydroxyl groups excluding tert-OH is 2. The van der Waals surface area contributed by atoms with Crippen LogP contribution in [-0.4, -0.2) is 56.2 Å². The van der Waals surface area contributed by atoms with Crippen molar-refractivity contribution >= 4 is 5.78 Å². The Morgan fingerprint density at radius 3 is 2.72 bits per heavy atom. The highest BCUT2D eigenvalue weighted by molar-refractivity contribution is 5.99. The van der Waals surface area contributed by atoms with E-state index >= 15 is 0 Å². The number of rotatable bonds is 5. The predicted molar refractivity (Wildman–Crippen MR) is 92.5 cm³/mol. The lowest BCUT2D eigenvalue weighted by atomic mass is 9.75. The lowest BCUT2D eigenvalue weighted by molar-refractivity contribution is -0.150. The third-order valence-electron chi connectivity index (χ3n) is 5.29. The molecule has 6 atom stereocenters. The largest absolute Gasteiger partial charge is 0.493 e. The summed E-state index contributed by atoms with van der Waals surface area (Å²) in [5.74, 6) is -0.690. The van der Waals surface area contributed by atoms with E-state index in [1.807, 2.05) is 13.8 Å². The highest BCUT2D eigenvalue weighted by Gasteiger charge is 2.47. The average Bonchev–Trinajstić information content (AvgIpc) is 2.57. The van der Waals surface area contributed by atoms with Crippen molar-refractivity contribution in [2.24, 2.45) is 11.8 Å². The zero-order valence-electron chi connectivity index (χ0n) is 15.1. The van der Waals surface area contributed by atoms with Gasteiger partial charge in [-0.3, -0.25) is 4.79 Å². The minimum atomic E-state index is -1.82. The van der Waals surface area contributed by atoms with Crippen molar-refractivity contribution in [3.63, 3.8) is 0 Å². The molecule has 0 unspecified atom stereocenters. The van der Waals surface area contributed by atoms with Crippen molar-refractivity contribution < 1.29 is 30.0 Å². The Kier molecular flexibility index (Phi) is 5.59. The molecule has 0 bridgehead atoms. The fourth-order valence-corrected chi connectivity index (χ4v) is 3.10. The fourth-order valence-electron chi connectivity index (χ4n) is 3.10. The van der Waals surface area contributed by atoms with Gasteiger partial charge in [0.2, 0.25) is 0 Å². The van der Waals surface area contributed by atoms with Crippen molar-refractivity contribution in [3.8, 4) is 0 Å². The molecule has 1 heterocycles. The molecule has 0 aromatic rings. The maximum Gasteiger partial charge on any atom is 0.189 e. The van der Waals surface area contributed by atoms with E-state index in [0.29, 0.717) is 11.3 Å². The summed E-state index contributed by atoms with van der Waals surface area (Å²) in [6.07, 6.45) is 4.51. The quantitative estimate of drug-likeness (QED) is 0.584. The van der Waals surface area contributed by atoms with Gasteiger partial charge < -0.3 is 25.2 Å². The number of hydrogen-bond donors (Lipinski definition) is 4. The van der Waals surface area contributed by atoms with Crippen molar-refractivity contribution in [1.82, 2.24) is 0 Å². The van der Waals surface area contributed by atoms with E-state index in [-0.39, 0.29) is 12.5 Å². The Labute approximate surface area is 148 Å². The second-order valence-corrected chi connectivity index (χ2v) is 7.45. The van der Waals surface area contributed by atoms with E-state index < -0.39 is 35.1 Å². The van der Waals surface area contributed by atoms with Crippen molar-refractivity contribution in [1.29, 1.82) is 0 Å². The highest BCUT2D eigenvalue weighted by atomic mass is 16.5. The molecule has 4 N–H and O–H groups in total. The molecule has 6 nitrogen and oxygen atoms in total. The number of allylic oxidation sites excluding steroid dienone is 2. The Morgan fingerprint density at radius 1 is 1.48 bits per heavy atom. The number of carbonyl (C=O) groups excluding carboxylic acids is 1. The first-order valence-corrected chi connectivity index (χ1v) is 8.61. The van der Waals surface area contributed by atoms with Crippen LogP contribution >= 0.6 is 0 Å². The van der Waals surface area contributed by atoms with Gasteiger partial charge in [-0.25, -0.2) is 0 Å². The molecule has 0 spiro atoms. The summed E-state index contributed by atoms with van der Waals surface area (Å²) >= 11 is 0. The Bertz CT molecular complexity index is 613. The topological polar surface area (TPSA) is 107 Å². The molecule has 2 rings (SSSR count). The predicted octanol–water partition coefficient (Wildman–Crippen LogP) is 0.852. The van der Waals surface area contributed by atoms with Gasteiger partial charge in [-0.15, -0.1) is 0 Å². The van der Waals surface area contributed by atoms with E-state index in [2.05, 4.69) is 0 Å². The van der Waals surface area contributed by atoms with Gasteiger partial charge in [0.25, 0.3) is 0 Å². The van der Waals surface area contributed by atoms with Crippen LogP contribution in [0.2, 0.25) is 0 Å². The monoisotopic (exact) mass is 352 g/mol. The molecule has 0 saturated heterocycles. The summed E-state index contributed by atoms with van der Waals surface area (Å²) in [4.78, 5) is 12.0. The lowest BCUT2D eigenvalue weighted by Crippen LogP contribution is -2.54. The van der Waals surface area contributed by atoms with Crippen LogP contribution in [0.1, 0.15) is 34.1 Å². The molecule has 0 radical (unpaired) electrons. The lowest BCUT2D eigenvalue weighted by Gasteiger charge is -2.39. The molecule has 140 valence electrons. The minimum Gasteiger partial charge on any atom is -0.493 e. The van der Waals surface area contributed by atoms with Gasteiger partial charge in [-0.2, -0.15) is 0 Å². The molecule has 0 amide bonds. The number of aliphatic hydroxyl groups is 4. The second-order valence-electron chi connectivity index (χ2n) is 7.45. The van der Waals surface area contributed by atoms with Gasteiger partial charge in [0, 0.05) is 5.92 Å². The molecule has 0 aromatic carbocycles. The number of ketones is 1. The maximum atomic E-state index is 12.0. The van der Waals surface area contributed by atoms with Gasteiger partial charge >= 0.3 is 0 Å². The van der Waals surface area contributed by atoms with Crippen LogP contribution < -0.4 is 0 Å². The number of fused-ring (bicyclic) bond motifs is 1. The first kappa shape index (κ1) is 19.8. The molecule has 6 heteroatoms. The van der Waals surface area contributed by atoms with E-state index in [1.165, 1.54) is 26.0 Å². The third kappa shape index (κ3) is 3.87. The number of ether oxygens (including phenoxy) is 1. The highest BCUT2D eigenvalue weighted by Crippen LogP contribution is 2.35. The maximum absolute atomic E-state index is 12.0. The van der Waals surface area contributed by atoms with E-state index in [9.17, 15) is 25.2 Å². The Hall–Kier alpha value is -1.47. The summed E-state index contributed by atoms with van der Waals surface area (Å²) in [5.41, 5.74) is -2.66. The van der Waals surface area contributed by atoms with Crippen molar-refractivity contribution in [2.75, 3.05) is 6.61 Å². The van der Waals surface area contributed by atoms with Crippen LogP contribution in [0.5, 0.6) is 0 Å². The van der Waals surface area contributed by atoms with E-state index in [4.69, 9.17) is 4.74 Å². The van der Waals surface area contributed by atoms with Gasteiger partial charge in [0.05, 0.1) is 18.8 Å². The minimum absolute atomic E-state index is 0.0682. The molecule has 0 fully saturated rings. The summed E-state index contributed by atoms with van der Waals surface area (Å²) in [5, 5.41) is 40.9. The van der Waals surface area contributed by atoms with Crippen LogP contribution in [0, 0.1) is 11.8 Å². The summed E-state index contributed by atoms with van der Waals surface area (Å²) in [7, 11) is 0. The molecule has 1 aliphatic carbocycles. The SMILES string of the molecule is CC[C@H](C)[C@H](O)[C@](C)(O)/C=C/C1=CC2=CC(=O)[C@](C)(O)[C@@H](O)[C@H]2CO1. The molecular formula is C19H28O6. The fraction of sp³-hybridized carbons (Fsp3) is 0.632. The molecule has 2 aliphatic rings. The zero-order chi connectivity index (χ0) is 19.0. The summed E-state index contributed by atoms with van der Waals surface area (Å²) in [6.45, 7) is 6.73. The van der Waals surface area contributed by atoms with Crippen LogP contribution in [0.3, 0.4) is 0 Å². The summed E-state index contributed by atoms with van der Waals surface area (Å²) in [6, 6.07) is 0. The Morgan fingerprint density at radius 2 is 2.12 bits per heavy atom. The molecule has 0 saturated carbocycles. The van der Waals surface area contributed by atoms with Gasteiger partial charge in [-0.05, 0) is 49.6 Å². The standard InChI is InChI=1S/C19H28O6/c1-5-11(2)16(21)18(3,23)7-6-13-8-12-9-15(20)19(4,24)17(22)14(12)10-25-13/h6-9,11,14,16-17,21-24H,5,10H2,1-4H3/b7-6+/t11-,14-,16-,17-,18+,19-/m0/s1. The van der Waals surface area contributed by atoms with Gasteiger partial charge in [-0.1, -0.05) is 20.3 Å². The van der Waals surface area contributed by atoms with Gasteiger partial charge in [0.15, 0.2) is 11.4 Å². The van der Waals surface area contributed by atoms with Crippen LogP contribution in [0.4, 0.5) is 0 Å². The summed E-state index contributed by atoms with van der Waals surface area (Å²) < 4.78 is 5.57. The number of hydrogen-bond acceptors (Lipinski definition) is 6. The van der Waals surface area contributed by atoms with E-state index in [0.717, 1.165) is 6.42 Å². The normalized spacial score (nSPS) is 34.5. The van der Waals surface area contributed by atoms with Gasteiger partial charge in [0.1, 0.15) is 11.4 Å². The van der Waals surface area contributed by atoms with Crippen molar-refractivity contribution in [2.45, 2.75) is 57.5 Å². The molecular weight excluding hydrogens is 324 g/mol. The molecule has 25 heavy (non-hydrogen) atoms. The number of carbonyl (C=O) groups is 1. The van der Waals surface area contributed by atoms with Crippen LogP contribution in [-0.2, 0) is 9.53 Å². The van der Waals surface area contributed by atoms with Crippen molar-refractivity contribution in [3.05, 3.63) is 35.6 Å². The second kappa shape index (κ2) is 7.03. The smallest absolute Gasteiger partial charge is 0.189 e. The van der Waals surface area contributed by atoms with E-state index in [1.54, 1.807) is 12.2 Å². The molecule has 1 aliphatic heterocycles. The van der Waals surface area contributed by atoms with Crippen LogP contribution in [0.15, 0.2) is 35.6 Å². The first-order valence-electron chi connectivity index (χ1n) is 8.61. The average molecular weight is 352 g/mol. The third-order valence-corrected chi connectivity index (χ3v) is 5.29. The van der Waals surface area contributed by atoms with Crippen LogP contribution in [0.25, 0.3) is 0 Å². The zero-order valence-corrected chi connectivity index (χ0v) is 15.1. The first-order chi connectivity index (χ1) is 11.5.